The van der Waals surface area contributed by atoms with E-state index in [0.717, 1.165) is 31.2 Å². The molecule has 2 heterocycles. The topological polar surface area (TPSA) is 69.1 Å². The maximum Gasteiger partial charge on any atom is 0.191 e. The van der Waals surface area contributed by atoms with Crippen LogP contribution in [0.3, 0.4) is 0 Å². The number of nitrogens with one attached hydrogen (secondary N) is 2. The van der Waals surface area contributed by atoms with Crippen molar-refractivity contribution in [3.8, 4) is 0 Å². The number of hydrogen-bond donors (Lipinski definition) is 3. The number of anilines is 1. The molecule has 1 aliphatic heterocycles. The van der Waals surface area contributed by atoms with E-state index in [9.17, 15) is 5.11 Å². The summed E-state index contributed by atoms with van der Waals surface area (Å²) in [4.78, 5) is 7.63. The molecule has 1 aromatic heterocycles. The van der Waals surface area contributed by atoms with Gasteiger partial charge in [-0.3, -0.25) is 4.99 Å². The first-order valence-corrected chi connectivity index (χ1v) is 11.1. The molecular formula is C23H28N4O2S. The number of thiophene rings is 1. The van der Waals surface area contributed by atoms with Crippen LogP contribution in [0.15, 0.2) is 59.6 Å². The van der Waals surface area contributed by atoms with Gasteiger partial charge in [0.2, 0.25) is 0 Å². The van der Waals surface area contributed by atoms with Gasteiger partial charge >= 0.3 is 0 Å². The Balaban J connectivity index is 1.34. The quantitative estimate of drug-likeness (QED) is 0.419. The van der Waals surface area contributed by atoms with Crippen LogP contribution in [0.2, 0.25) is 0 Å². The zero-order valence-corrected chi connectivity index (χ0v) is 18.0. The van der Waals surface area contributed by atoms with Crippen molar-refractivity contribution in [1.29, 1.82) is 0 Å². The number of guanidine groups is 1. The highest BCUT2D eigenvalue weighted by atomic mass is 32.1. The third-order valence-electron chi connectivity index (χ3n) is 5.25. The van der Waals surface area contributed by atoms with E-state index in [0.29, 0.717) is 19.0 Å². The van der Waals surface area contributed by atoms with Gasteiger partial charge < -0.3 is 25.4 Å². The first kappa shape index (κ1) is 20.7. The van der Waals surface area contributed by atoms with E-state index in [4.69, 9.17) is 4.74 Å². The third-order valence-corrected chi connectivity index (χ3v) is 6.47. The molecule has 0 amide bonds. The number of hydrogen-bond acceptors (Lipinski definition) is 5. The smallest absolute Gasteiger partial charge is 0.191 e. The van der Waals surface area contributed by atoms with Gasteiger partial charge in [0.15, 0.2) is 5.96 Å². The molecule has 3 aromatic rings. The van der Waals surface area contributed by atoms with Crippen molar-refractivity contribution in [1.82, 2.24) is 10.6 Å². The zero-order chi connectivity index (χ0) is 20.8. The number of ether oxygens (including phenoxy) is 1. The fourth-order valence-electron chi connectivity index (χ4n) is 3.63. The van der Waals surface area contributed by atoms with E-state index in [1.807, 2.05) is 12.1 Å². The van der Waals surface area contributed by atoms with Crippen molar-refractivity contribution >= 4 is 33.1 Å². The highest BCUT2D eigenvalue weighted by Gasteiger charge is 2.15. The third kappa shape index (κ3) is 4.92. The Bertz CT molecular complexity index is 965. The Labute approximate surface area is 181 Å². The summed E-state index contributed by atoms with van der Waals surface area (Å²) in [6.45, 7) is 4.40. The van der Waals surface area contributed by atoms with Crippen molar-refractivity contribution in [2.75, 3.05) is 44.8 Å². The fraction of sp³-hybridized carbons (Fsp3) is 0.348. The monoisotopic (exact) mass is 424 g/mol. The molecule has 0 bridgehead atoms. The highest BCUT2D eigenvalue weighted by Crippen LogP contribution is 2.29. The van der Waals surface area contributed by atoms with Crippen LogP contribution in [-0.4, -0.2) is 51.0 Å². The lowest BCUT2D eigenvalue weighted by molar-refractivity contribution is 0.122. The van der Waals surface area contributed by atoms with Crippen molar-refractivity contribution in [2.45, 2.75) is 12.6 Å². The number of nitrogens with zero attached hydrogens (tertiary/aromatic N) is 2. The van der Waals surface area contributed by atoms with Gasteiger partial charge in [-0.2, -0.15) is 0 Å². The Morgan fingerprint density at radius 3 is 2.70 bits per heavy atom. The molecule has 3 N–H and O–H groups in total. The molecule has 158 valence electrons. The summed E-state index contributed by atoms with van der Waals surface area (Å²) < 4.78 is 6.67. The second kappa shape index (κ2) is 9.93. The van der Waals surface area contributed by atoms with E-state index in [1.54, 1.807) is 18.4 Å². The molecule has 1 fully saturated rings. The highest BCUT2D eigenvalue weighted by molar-refractivity contribution is 7.19. The predicted octanol–water partition coefficient (Wildman–Crippen LogP) is 3.14. The van der Waals surface area contributed by atoms with E-state index < -0.39 is 6.10 Å². The second-order valence-corrected chi connectivity index (χ2v) is 8.35. The Morgan fingerprint density at radius 1 is 1.13 bits per heavy atom. The molecule has 6 nitrogen and oxygen atoms in total. The van der Waals surface area contributed by atoms with Gasteiger partial charge in [-0.15, -0.1) is 11.3 Å². The number of aliphatic imine (C=N–C) groups is 1. The van der Waals surface area contributed by atoms with Gasteiger partial charge in [-0.25, -0.2) is 0 Å². The maximum atomic E-state index is 10.6. The summed E-state index contributed by atoms with van der Waals surface area (Å²) in [5.41, 5.74) is 2.45. The minimum absolute atomic E-state index is 0.400. The summed E-state index contributed by atoms with van der Waals surface area (Å²) in [6.07, 6.45) is -0.582. The molecule has 0 saturated carbocycles. The first-order chi connectivity index (χ1) is 14.7. The van der Waals surface area contributed by atoms with Gasteiger partial charge in [0.1, 0.15) is 6.10 Å². The normalized spacial score (nSPS) is 15.9. The van der Waals surface area contributed by atoms with Gasteiger partial charge in [-0.05, 0) is 29.1 Å². The SMILES string of the molecule is CN=C(NCc1ccccc1N1CCOCC1)NCC(O)c1cc2ccccc2s1. The standard InChI is InChI=1S/C23H28N4O2S/c1-24-23(26-16-20(28)22-14-17-6-3-5-9-21(17)30-22)25-15-18-7-2-4-8-19(18)27-10-12-29-13-11-27/h2-9,14,20,28H,10-13,15-16H2,1H3,(H2,24,25,26). The Kier molecular flexibility index (Phi) is 6.84. The van der Waals surface area contributed by atoms with Crippen molar-refractivity contribution in [3.63, 3.8) is 0 Å². The zero-order valence-electron chi connectivity index (χ0n) is 17.2. The van der Waals surface area contributed by atoms with Crippen molar-refractivity contribution < 1.29 is 9.84 Å². The number of morpholine rings is 1. The van der Waals surface area contributed by atoms with Crippen molar-refractivity contribution in [3.05, 3.63) is 65.0 Å². The fourth-order valence-corrected chi connectivity index (χ4v) is 4.68. The lowest BCUT2D eigenvalue weighted by Crippen LogP contribution is -2.40. The molecule has 1 atom stereocenters. The number of fused-ring (bicyclic) bond motifs is 1. The lowest BCUT2D eigenvalue weighted by Gasteiger charge is -2.30. The van der Waals surface area contributed by atoms with Crippen LogP contribution < -0.4 is 15.5 Å². The predicted molar refractivity (Wildman–Crippen MR) is 124 cm³/mol. The molecule has 1 aliphatic rings. The summed E-state index contributed by atoms with van der Waals surface area (Å²) >= 11 is 1.63. The number of benzene rings is 2. The number of aliphatic hydroxyl groups is 1. The van der Waals surface area contributed by atoms with Crippen molar-refractivity contribution in [2.24, 2.45) is 4.99 Å². The molecule has 30 heavy (non-hydrogen) atoms. The molecule has 1 saturated heterocycles. The molecule has 1 unspecified atom stereocenters. The summed E-state index contributed by atoms with van der Waals surface area (Å²) in [5.74, 6) is 0.673. The number of aliphatic hydroxyl groups excluding tert-OH is 1. The van der Waals surface area contributed by atoms with Gasteiger partial charge in [0.25, 0.3) is 0 Å². The van der Waals surface area contributed by atoms with Gasteiger partial charge in [-0.1, -0.05) is 36.4 Å². The van der Waals surface area contributed by atoms with Gasteiger partial charge in [0.05, 0.1) is 13.2 Å². The average molecular weight is 425 g/mol. The average Bonchev–Trinajstić information content (AvgIpc) is 3.24. The molecule has 0 aliphatic carbocycles. The van der Waals surface area contributed by atoms with Crippen LogP contribution >= 0.6 is 11.3 Å². The Morgan fingerprint density at radius 2 is 1.90 bits per heavy atom. The first-order valence-electron chi connectivity index (χ1n) is 10.3. The van der Waals surface area contributed by atoms with E-state index in [2.05, 4.69) is 63.0 Å². The summed E-state index contributed by atoms with van der Waals surface area (Å²) in [6, 6.07) is 18.7. The van der Waals surface area contributed by atoms with Crippen LogP contribution in [-0.2, 0) is 11.3 Å². The number of rotatable bonds is 6. The molecular weight excluding hydrogens is 396 g/mol. The Hall–Kier alpha value is -2.61. The minimum atomic E-state index is -0.582. The van der Waals surface area contributed by atoms with Gasteiger partial charge in [0, 0.05) is 48.5 Å². The molecule has 0 radical (unpaired) electrons. The molecule has 4 rings (SSSR count). The van der Waals surface area contributed by atoms with Crippen LogP contribution in [0.25, 0.3) is 10.1 Å². The largest absolute Gasteiger partial charge is 0.386 e. The molecule has 2 aromatic carbocycles. The van der Waals surface area contributed by atoms with E-state index in [-0.39, 0.29) is 0 Å². The lowest BCUT2D eigenvalue weighted by atomic mass is 10.1. The maximum absolute atomic E-state index is 10.6. The summed E-state index contributed by atoms with van der Waals surface area (Å²) in [7, 11) is 1.75. The van der Waals surface area contributed by atoms with Crippen LogP contribution in [0.1, 0.15) is 16.5 Å². The van der Waals surface area contributed by atoms with Crippen LogP contribution in [0.5, 0.6) is 0 Å². The van der Waals surface area contributed by atoms with E-state index >= 15 is 0 Å². The van der Waals surface area contributed by atoms with Crippen LogP contribution in [0.4, 0.5) is 5.69 Å². The van der Waals surface area contributed by atoms with Crippen LogP contribution in [0, 0.1) is 0 Å². The molecule has 0 spiro atoms. The molecule has 7 heteroatoms. The number of para-hydroxylation sites is 1. The second-order valence-electron chi connectivity index (χ2n) is 7.24. The van der Waals surface area contributed by atoms with E-state index in [1.165, 1.54) is 21.3 Å². The summed E-state index contributed by atoms with van der Waals surface area (Å²) in [5, 5.41) is 18.4. The minimum Gasteiger partial charge on any atom is -0.386 e.